The van der Waals surface area contributed by atoms with Crippen LogP contribution in [0.4, 0.5) is 10.1 Å². The van der Waals surface area contributed by atoms with Crippen molar-refractivity contribution in [2.75, 3.05) is 25.1 Å². The van der Waals surface area contributed by atoms with Gasteiger partial charge in [-0.3, -0.25) is 9.78 Å². The molecule has 3 rings (SSSR count). The van der Waals surface area contributed by atoms with E-state index >= 15 is 0 Å². The minimum Gasteiger partial charge on any atom is -0.497 e. The molecule has 25 heavy (non-hydrogen) atoms. The van der Waals surface area contributed by atoms with Gasteiger partial charge in [0.25, 0.3) is 5.91 Å². The number of pyridine rings is 1. The summed E-state index contributed by atoms with van der Waals surface area (Å²) in [5.74, 6) is 0.120. The molecular weight excluding hydrogens is 321 g/mol. The van der Waals surface area contributed by atoms with Crippen molar-refractivity contribution in [2.45, 2.75) is 25.8 Å². The number of hydrogen-bond donors (Lipinski definition) is 1. The Morgan fingerprint density at radius 1 is 1.36 bits per heavy atom. The number of halogens is 1. The molecule has 1 aliphatic heterocycles. The number of benzene rings is 1. The molecule has 5 nitrogen and oxygen atoms in total. The number of anilines is 1. The smallest absolute Gasteiger partial charge is 0.270 e. The Balaban J connectivity index is 1.69. The number of carbonyl (C=O) groups excluding carboxylic acids is 1. The lowest BCUT2D eigenvalue weighted by Gasteiger charge is -2.35. The molecule has 132 valence electrons. The largest absolute Gasteiger partial charge is 0.497 e. The number of aryl methyl sites for hydroxylation is 1. The first-order valence-electron chi connectivity index (χ1n) is 8.39. The Bertz CT molecular complexity index is 766. The van der Waals surface area contributed by atoms with Gasteiger partial charge < -0.3 is 15.0 Å². The van der Waals surface area contributed by atoms with Crippen LogP contribution >= 0.6 is 0 Å². The van der Waals surface area contributed by atoms with Crippen molar-refractivity contribution in [1.82, 2.24) is 10.3 Å². The highest BCUT2D eigenvalue weighted by molar-refractivity contribution is 5.92. The summed E-state index contributed by atoms with van der Waals surface area (Å²) in [6.07, 6.45) is 3.30. The molecule has 1 atom stereocenters. The molecule has 1 aromatic carbocycles. The van der Waals surface area contributed by atoms with E-state index in [1.54, 1.807) is 31.5 Å². The molecule has 1 aliphatic rings. The Labute approximate surface area is 146 Å². The lowest BCUT2D eigenvalue weighted by Crippen LogP contribution is -2.48. The van der Waals surface area contributed by atoms with Crippen molar-refractivity contribution < 1.29 is 13.9 Å². The molecule has 0 saturated carbocycles. The summed E-state index contributed by atoms with van der Waals surface area (Å²) in [6.45, 7) is 3.31. The summed E-state index contributed by atoms with van der Waals surface area (Å²) in [5, 5.41) is 3.00. The lowest BCUT2D eigenvalue weighted by molar-refractivity contribution is 0.0927. The van der Waals surface area contributed by atoms with Crippen LogP contribution < -0.4 is 15.0 Å². The Hall–Kier alpha value is -2.63. The van der Waals surface area contributed by atoms with Crippen molar-refractivity contribution in [3.05, 3.63) is 53.6 Å². The normalized spacial score (nSPS) is 17.2. The molecule has 1 aromatic heterocycles. The van der Waals surface area contributed by atoms with E-state index in [1.165, 1.54) is 6.07 Å². The second kappa shape index (κ2) is 7.51. The molecule has 1 N–H and O–H groups in total. The van der Waals surface area contributed by atoms with Crippen LogP contribution in [0.3, 0.4) is 0 Å². The molecular formula is C19H22FN3O2. The van der Waals surface area contributed by atoms with Crippen molar-refractivity contribution in [3.63, 3.8) is 0 Å². The van der Waals surface area contributed by atoms with Crippen LogP contribution in [0.5, 0.6) is 5.75 Å². The van der Waals surface area contributed by atoms with Gasteiger partial charge >= 0.3 is 0 Å². The zero-order valence-corrected chi connectivity index (χ0v) is 14.5. The highest BCUT2D eigenvalue weighted by Crippen LogP contribution is 2.24. The monoisotopic (exact) mass is 343 g/mol. The minimum absolute atomic E-state index is 0.0471. The zero-order valence-electron chi connectivity index (χ0n) is 14.5. The fourth-order valence-corrected chi connectivity index (χ4v) is 3.10. The van der Waals surface area contributed by atoms with E-state index in [-0.39, 0.29) is 17.8 Å². The van der Waals surface area contributed by atoms with Crippen LogP contribution in [0.15, 0.2) is 36.5 Å². The molecule has 0 radical (unpaired) electrons. The topological polar surface area (TPSA) is 54.5 Å². The zero-order chi connectivity index (χ0) is 17.8. The maximum Gasteiger partial charge on any atom is 0.270 e. The van der Waals surface area contributed by atoms with Gasteiger partial charge in [-0.05, 0) is 43.5 Å². The van der Waals surface area contributed by atoms with Gasteiger partial charge in [-0.15, -0.1) is 0 Å². The summed E-state index contributed by atoms with van der Waals surface area (Å²) in [5.41, 5.74) is 1.93. The van der Waals surface area contributed by atoms with Gasteiger partial charge in [0, 0.05) is 31.4 Å². The van der Waals surface area contributed by atoms with Crippen LogP contribution in [0.25, 0.3) is 0 Å². The highest BCUT2D eigenvalue weighted by atomic mass is 19.1. The van der Waals surface area contributed by atoms with Crippen molar-refractivity contribution in [3.8, 4) is 5.75 Å². The first-order chi connectivity index (χ1) is 12.1. The number of nitrogens with one attached hydrogen (secondary N) is 1. The number of hydrogen-bond acceptors (Lipinski definition) is 4. The van der Waals surface area contributed by atoms with Gasteiger partial charge in [0.15, 0.2) is 0 Å². The van der Waals surface area contributed by atoms with E-state index in [2.05, 4.69) is 10.3 Å². The van der Waals surface area contributed by atoms with Crippen molar-refractivity contribution in [1.29, 1.82) is 0 Å². The predicted molar refractivity (Wildman–Crippen MR) is 94.6 cm³/mol. The fraction of sp³-hybridized carbons (Fsp3) is 0.368. The number of nitrogens with zero attached hydrogens (tertiary/aromatic N) is 2. The molecule has 6 heteroatoms. The molecule has 0 aliphatic carbocycles. The van der Waals surface area contributed by atoms with Crippen molar-refractivity contribution in [2.24, 2.45) is 0 Å². The maximum atomic E-state index is 14.1. The third-order valence-electron chi connectivity index (χ3n) is 4.40. The summed E-state index contributed by atoms with van der Waals surface area (Å²) in [4.78, 5) is 18.5. The lowest BCUT2D eigenvalue weighted by atomic mass is 10.0. The Morgan fingerprint density at radius 3 is 3.00 bits per heavy atom. The van der Waals surface area contributed by atoms with Gasteiger partial charge in [0.1, 0.15) is 17.3 Å². The third-order valence-corrected chi connectivity index (χ3v) is 4.40. The minimum atomic E-state index is -0.240. The van der Waals surface area contributed by atoms with Crippen LogP contribution in [0, 0.1) is 12.7 Å². The molecule has 0 bridgehead atoms. The number of methoxy groups -OCH3 is 1. The van der Waals surface area contributed by atoms with Crippen molar-refractivity contribution >= 4 is 11.6 Å². The van der Waals surface area contributed by atoms with Gasteiger partial charge in [0.05, 0.1) is 12.8 Å². The van der Waals surface area contributed by atoms with E-state index in [0.29, 0.717) is 23.7 Å². The number of carbonyl (C=O) groups is 1. The van der Waals surface area contributed by atoms with Gasteiger partial charge in [-0.25, -0.2) is 4.39 Å². The average molecular weight is 343 g/mol. The summed E-state index contributed by atoms with van der Waals surface area (Å²) in [7, 11) is 1.55. The number of ether oxygens (including phenoxy) is 1. The number of rotatable bonds is 4. The van der Waals surface area contributed by atoms with Gasteiger partial charge in [-0.1, -0.05) is 6.07 Å². The molecule has 2 heterocycles. The van der Waals surface area contributed by atoms with E-state index in [9.17, 15) is 9.18 Å². The summed E-state index contributed by atoms with van der Waals surface area (Å²) < 4.78 is 19.3. The standard InChI is InChI=1S/C19H22FN3O2/c1-13-5-6-16(20)18(10-13)23-9-3-4-14(12-23)22-19(24)17-11-15(25-2)7-8-21-17/h5-8,10-11,14H,3-4,9,12H2,1-2H3,(H,22,24). The molecule has 1 unspecified atom stereocenters. The van der Waals surface area contributed by atoms with E-state index in [1.807, 2.05) is 17.9 Å². The SMILES string of the molecule is COc1ccnc(C(=O)NC2CCCN(c3cc(C)ccc3F)C2)c1. The number of aromatic nitrogens is 1. The fourth-order valence-electron chi connectivity index (χ4n) is 3.10. The first kappa shape index (κ1) is 17.2. The van der Waals surface area contributed by atoms with E-state index in [0.717, 1.165) is 24.9 Å². The third kappa shape index (κ3) is 4.07. The summed E-state index contributed by atoms with van der Waals surface area (Å²) >= 11 is 0. The Morgan fingerprint density at radius 2 is 2.20 bits per heavy atom. The highest BCUT2D eigenvalue weighted by Gasteiger charge is 2.24. The number of amides is 1. The average Bonchev–Trinajstić information content (AvgIpc) is 2.64. The summed E-state index contributed by atoms with van der Waals surface area (Å²) in [6, 6.07) is 8.36. The van der Waals surface area contributed by atoms with Crippen LogP contribution in [-0.2, 0) is 0 Å². The first-order valence-corrected chi connectivity index (χ1v) is 8.39. The van der Waals surface area contributed by atoms with Crippen LogP contribution in [0.1, 0.15) is 28.9 Å². The Kier molecular flexibility index (Phi) is 5.16. The van der Waals surface area contributed by atoms with Crippen LogP contribution in [-0.4, -0.2) is 37.1 Å². The molecule has 1 amide bonds. The maximum absolute atomic E-state index is 14.1. The van der Waals surface area contributed by atoms with Gasteiger partial charge in [0.2, 0.25) is 0 Å². The molecule has 1 saturated heterocycles. The van der Waals surface area contributed by atoms with Gasteiger partial charge in [-0.2, -0.15) is 0 Å². The second-order valence-corrected chi connectivity index (χ2v) is 6.29. The van der Waals surface area contributed by atoms with E-state index < -0.39 is 0 Å². The molecule has 2 aromatic rings. The molecule has 1 fully saturated rings. The number of piperidine rings is 1. The quantitative estimate of drug-likeness (QED) is 0.927. The van der Waals surface area contributed by atoms with E-state index in [4.69, 9.17) is 4.74 Å². The second-order valence-electron chi connectivity index (χ2n) is 6.29. The predicted octanol–water partition coefficient (Wildman–Crippen LogP) is 2.94. The van der Waals surface area contributed by atoms with Crippen LogP contribution in [0.2, 0.25) is 0 Å². The molecule has 0 spiro atoms.